The predicted molar refractivity (Wildman–Crippen MR) is 112 cm³/mol. The molecular formula is C23H30N2O4. The predicted octanol–water partition coefficient (Wildman–Crippen LogP) is 3.24. The summed E-state index contributed by atoms with van der Waals surface area (Å²) in [4.78, 5) is 15.0. The maximum absolute atomic E-state index is 12.6. The van der Waals surface area contributed by atoms with Gasteiger partial charge in [-0.15, -0.1) is 0 Å². The average Bonchev–Trinajstić information content (AvgIpc) is 2.71. The highest BCUT2D eigenvalue weighted by atomic mass is 16.5. The molecule has 0 spiro atoms. The molecule has 1 heterocycles. The van der Waals surface area contributed by atoms with Gasteiger partial charge in [0.25, 0.3) is 5.91 Å². The molecule has 6 nitrogen and oxygen atoms in total. The summed E-state index contributed by atoms with van der Waals surface area (Å²) in [5.74, 6) is 0.945. The maximum atomic E-state index is 12.6. The number of nitrogens with zero attached hydrogens (tertiary/aromatic N) is 1. The van der Waals surface area contributed by atoms with Gasteiger partial charge in [-0.3, -0.25) is 9.69 Å². The van der Waals surface area contributed by atoms with Gasteiger partial charge in [0, 0.05) is 26.2 Å². The van der Waals surface area contributed by atoms with Crippen molar-refractivity contribution in [1.82, 2.24) is 10.2 Å². The fourth-order valence-electron chi connectivity index (χ4n) is 3.70. The van der Waals surface area contributed by atoms with E-state index in [1.54, 1.807) is 32.4 Å². The third-order valence-corrected chi connectivity index (χ3v) is 5.03. The van der Waals surface area contributed by atoms with Crippen LogP contribution < -0.4 is 14.8 Å². The second-order valence-corrected chi connectivity index (χ2v) is 7.52. The molecule has 2 aromatic rings. The number of nitrogens with one attached hydrogen (secondary N) is 1. The van der Waals surface area contributed by atoms with E-state index in [1.165, 1.54) is 5.56 Å². The molecule has 0 saturated carbocycles. The molecule has 29 heavy (non-hydrogen) atoms. The Morgan fingerprint density at radius 2 is 1.69 bits per heavy atom. The van der Waals surface area contributed by atoms with Gasteiger partial charge in [-0.1, -0.05) is 24.3 Å². The second kappa shape index (κ2) is 9.76. The van der Waals surface area contributed by atoms with Crippen LogP contribution in [0.25, 0.3) is 0 Å². The van der Waals surface area contributed by atoms with Crippen LogP contribution in [0.1, 0.15) is 35.3 Å². The van der Waals surface area contributed by atoms with E-state index in [2.05, 4.69) is 48.3 Å². The monoisotopic (exact) mass is 398 g/mol. The van der Waals surface area contributed by atoms with Crippen molar-refractivity contribution in [2.24, 2.45) is 0 Å². The van der Waals surface area contributed by atoms with E-state index >= 15 is 0 Å². The smallest absolute Gasteiger partial charge is 0.255 e. The minimum absolute atomic E-state index is 0.193. The number of carbonyl (C=O) groups excluding carboxylic acids is 1. The largest absolute Gasteiger partial charge is 0.497 e. The summed E-state index contributed by atoms with van der Waals surface area (Å²) < 4.78 is 16.3. The van der Waals surface area contributed by atoms with Crippen LogP contribution in [0.4, 0.5) is 0 Å². The maximum Gasteiger partial charge on any atom is 0.255 e. The summed E-state index contributed by atoms with van der Waals surface area (Å²) in [5.41, 5.74) is 2.77. The van der Waals surface area contributed by atoms with E-state index < -0.39 is 0 Å². The molecule has 156 valence electrons. The zero-order valence-electron chi connectivity index (χ0n) is 17.6. The van der Waals surface area contributed by atoms with E-state index in [0.717, 1.165) is 25.2 Å². The standard InChI is InChI=1S/C23H30N2O4/c1-16-13-25(14-17(2)29-16)15-19-7-5-18(6-8-19)12-24-23(26)21-11-20(27-3)9-10-22(21)28-4/h5-11,16-17H,12-15H2,1-4H3,(H,24,26). The first kappa shape index (κ1) is 21.1. The van der Waals surface area contributed by atoms with Gasteiger partial charge in [-0.2, -0.15) is 0 Å². The lowest BCUT2D eigenvalue weighted by atomic mass is 10.1. The molecule has 0 radical (unpaired) electrons. The summed E-state index contributed by atoms with van der Waals surface area (Å²) >= 11 is 0. The Bertz CT molecular complexity index is 812. The van der Waals surface area contributed by atoms with Gasteiger partial charge in [-0.25, -0.2) is 0 Å². The zero-order valence-corrected chi connectivity index (χ0v) is 17.6. The molecule has 1 aliphatic rings. The zero-order chi connectivity index (χ0) is 20.8. The lowest BCUT2D eigenvalue weighted by Gasteiger charge is -2.35. The topological polar surface area (TPSA) is 60.0 Å². The Balaban J connectivity index is 1.57. The van der Waals surface area contributed by atoms with Crippen LogP contribution in [-0.2, 0) is 17.8 Å². The van der Waals surface area contributed by atoms with E-state index in [9.17, 15) is 4.79 Å². The van der Waals surface area contributed by atoms with E-state index in [0.29, 0.717) is 23.6 Å². The van der Waals surface area contributed by atoms with Gasteiger partial charge in [0.1, 0.15) is 11.5 Å². The lowest BCUT2D eigenvalue weighted by molar-refractivity contribution is -0.0704. The highest BCUT2D eigenvalue weighted by Gasteiger charge is 2.22. The normalized spacial score (nSPS) is 19.6. The Hall–Kier alpha value is -2.57. The molecule has 1 saturated heterocycles. The second-order valence-electron chi connectivity index (χ2n) is 7.52. The minimum atomic E-state index is -0.193. The number of hydrogen-bond acceptors (Lipinski definition) is 5. The Labute approximate surface area is 172 Å². The number of rotatable bonds is 7. The molecule has 1 amide bonds. The van der Waals surface area contributed by atoms with Crippen molar-refractivity contribution in [2.75, 3.05) is 27.3 Å². The van der Waals surface area contributed by atoms with Gasteiger partial charge >= 0.3 is 0 Å². The highest BCUT2D eigenvalue weighted by Crippen LogP contribution is 2.24. The van der Waals surface area contributed by atoms with Gasteiger partial charge in [0.15, 0.2) is 0 Å². The van der Waals surface area contributed by atoms with Crippen LogP contribution in [0.5, 0.6) is 11.5 Å². The third-order valence-electron chi connectivity index (χ3n) is 5.03. The van der Waals surface area contributed by atoms with E-state index in [1.807, 2.05) is 0 Å². The fourth-order valence-corrected chi connectivity index (χ4v) is 3.70. The van der Waals surface area contributed by atoms with Crippen LogP contribution in [0.15, 0.2) is 42.5 Å². The average molecular weight is 399 g/mol. The quantitative estimate of drug-likeness (QED) is 0.776. The Kier molecular flexibility index (Phi) is 7.12. The number of carbonyl (C=O) groups is 1. The van der Waals surface area contributed by atoms with Crippen molar-refractivity contribution in [3.63, 3.8) is 0 Å². The molecule has 2 unspecified atom stereocenters. The molecule has 1 aliphatic heterocycles. The third kappa shape index (κ3) is 5.71. The number of hydrogen-bond donors (Lipinski definition) is 1. The first-order valence-corrected chi connectivity index (χ1v) is 9.94. The van der Waals surface area contributed by atoms with Gasteiger partial charge in [0.2, 0.25) is 0 Å². The first-order valence-electron chi connectivity index (χ1n) is 9.94. The molecule has 2 atom stereocenters. The Morgan fingerprint density at radius 3 is 2.31 bits per heavy atom. The molecule has 0 aliphatic carbocycles. The molecular weight excluding hydrogens is 368 g/mol. The van der Waals surface area contributed by atoms with Crippen LogP contribution in [0.3, 0.4) is 0 Å². The summed E-state index contributed by atoms with van der Waals surface area (Å²) in [6, 6.07) is 13.6. The van der Waals surface area contributed by atoms with Crippen molar-refractivity contribution in [3.05, 3.63) is 59.2 Å². The summed E-state index contributed by atoms with van der Waals surface area (Å²) in [6.45, 7) is 7.49. The SMILES string of the molecule is COc1ccc(OC)c(C(=O)NCc2ccc(CN3CC(C)OC(C)C3)cc2)c1. The Morgan fingerprint density at radius 1 is 1.03 bits per heavy atom. The number of methoxy groups -OCH3 is 2. The van der Waals surface area contributed by atoms with Gasteiger partial charge < -0.3 is 19.5 Å². The molecule has 1 N–H and O–H groups in total. The summed E-state index contributed by atoms with van der Waals surface area (Å²) in [7, 11) is 3.12. The molecule has 3 rings (SSSR count). The van der Waals surface area contributed by atoms with Crippen LogP contribution >= 0.6 is 0 Å². The molecule has 0 bridgehead atoms. The van der Waals surface area contributed by atoms with Crippen molar-refractivity contribution in [3.8, 4) is 11.5 Å². The highest BCUT2D eigenvalue weighted by molar-refractivity contribution is 5.97. The lowest BCUT2D eigenvalue weighted by Crippen LogP contribution is -2.44. The number of ether oxygens (including phenoxy) is 3. The van der Waals surface area contributed by atoms with Gasteiger partial charge in [-0.05, 0) is 43.2 Å². The van der Waals surface area contributed by atoms with Crippen molar-refractivity contribution < 1.29 is 19.0 Å². The summed E-state index contributed by atoms with van der Waals surface area (Å²) in [6.07, 6.45) is 0.531. The van der Waals surface area contributed by atoms with Crippen molar-refractivity contribution in [1.29, 1.82) is 0 Å². The van der Waals surface area contributed by atoms with Crippen molar-refractivity contribution >= 4 is 5.91 Å². The fraction of sp³-hybridized carbons (Fsp3) is 0.435. The summed E-state index contributed by atoms with van der Waals surface area (Å²) in [5, 5.41) is 2.95. The number of benzene rings is 2. The molecule has 6 heteroatoms. The van der Waals surface area contributed by atoms with Crippen LogP contribution in [0, 0.1) is 0 Å². The minimum Gasteiger partial charge on any atom is -0.497 e. The number of amides is 1. The first-order chi connectivity index (χ1) is 14.0. The van der Waals surface area contributed by atoms with Crippen LogP contribution in [-0.4, -0.2) is 50.3 Å². The van der Waals surface area contributed by atoms with E-state index in [-0.39, 0.29) is 18.1 Å². The molecule has 2 aromatic carbocycles. The molecule has 0 aromatic heterocycles. The van der Waals surface area contributed by atoms with Crippen LogP contribution in [0.2, 0.25) is 0 Å². The number of morpholine rings is 1. The van der Waals surface area contributed by atoms with Crippen molar-refractivity contribution in [2.45, 2.75) is 39.1 Å². The molecule has 1 fully saturated rings. The van der Waals surface area contributed by atoms with E-state index in [4.69, 9.17) is 14.2 Å². The van der Waals surface area contributed by atoms with Gasteiger partial charge in [0.05, 0.1) is 32.0 Å².